The molecule has 3 rings (SSSR count). The van der Waals surface area contributed by atoms with Crippen LogP contribution in [0.25, 0.3) is 0 Å². The Balaban J connectivity index is 1.77. The summed E-state index contributed by atoms with van der Waals surface area (Å²) in [5.41, 5.74) is 0. The summed E-state index contributed by atoms with van der Waals surface area (Å²) in [5.74, 6) is 0.718. The molecule has 3 aromatic heterocycles. The summed E-state index contributed by atoms with van der Waals surface area (Å²) in [7, 11) is 0. The minimum Gasteiger partial charge on any atom is -0.348 e. The van der Waals surface area contributed by atoms with Gasteiger partial charge in [-0.05, 0) is 19.1 Å². The normalized spacial score (nSPS) is 13.7. The van der Waals surface area contributed by atoms with Crippen molar-refractivity contribution >= 4 is 17.4 Å². The molecule has 2 atom stereocenters. The lowest BCUT2D eigenvalue weighted by Crippen LogP contribution is -2.23. The van der Waals surface area contributed by atoms with Crippen LogP contribution in [-0.2, 0) is 0 Å². The molecule has 114 valence electrons. The smallest absolute Gasteiger partial charge is 0.137 e. The third kappa shape index (κ3) is 3.40. The number of nitrogens with one attached hydrogen (secondary N) is 1. The fourth-order valence-corrected chi connectivity index (χ4v) is 2.23. The highest BCUT2D eigenvalue weighted by Crippen LogP contribution is 2.22. The first kappa shape index (κ1) is 14.5. The van der Waals surface area contributed by atoms with Crippen molar-refractivity contribution in [3.05, 3.63) is 48.7 Å². The van der Waals surface area contributed by atoms with E-state index in [0.29, 0.717) is 5.02 Å². The zero-order valence-corrected chi connectivity index (χ0v) is 12.7. The van der Waals surface area contributed by atoms with Crippen molar-refractivity contribution in [2.45, 2.75) is 25.6 Å². The van der Waals surface area contributed by atoms with Crippen LogP contribution in [0.3, 0.4) is 0 Å². The van der Waals surface area contributed by atoms with Gasteiger partial charge in [0.25, 0.3) is 0 Å². The standard InChI is InChI=1S/C13H15ClN8/c1-10(21-8-15-6-18-21)4-13(22-9-16-7-19-22)20-12-3-2-11(14)5-17-12/h2-3,5-10,13H,4H2,1H3,(H,17,20)/t10-,13-/m0/s1. The van der Waals surface area contributed by atoms with E-state index < -0.39 is 0 Å². The van der Waals surface area contributed by atoms with Crippen LogP contribution >= 0.6 is 11.6 Å². The minimum absolute atomic E-state index is 0.115. The molecular formula is C13H15ClN8. The lowest BCUT2D eigenvalue weighted by atomic mass is 10.2. The van der Waals surface area contributed by atoms with Crippen molar-refractivity contribution in [3.8, 4) is 0 Å². The Labute approximate surface area is 132 Å². The molecule has 0 aliphatic heterocycles. The maximum Gasteiger partial charge on any atom is 0.137 e. The van der Waals surface area contributed by atoms with Gasteiger partial charge in [-0.1, -0.05) is 11.6 Å². The number of halogens is 1. The predicted molar refractivity (Wildman–Crippen MR) is 81.3 cm³/mol. The average molecular weight is 319 g/mol. The van der Waals surface area contributed by atoms with Gasteiger partial charge in [0.1, 0.15) is 37.3 Å². The van der Waals surface area contributed by atoms with E-state index in [1.807, 2.05) is 6.07 Å². The topological polar surface area (TPSA) is 86.3 Å². The molecule has 0 fully saturated rings. The van der Waals surface area contributed by atoms with Gasteiger partial charge < -0.3 is 5.32 Å². The Morgan fingerprint density at radius 3 is 2.45 bits per heavy atom. The van der Waals surface area contributed by atoms with Crippen LogP contribution in [0.5, 0.6) is 0 Å². The van der Waals surface area contributed by atoms with Crippen LogP contribution in [0.1, 0.15) is 25.6 Å². The lowest BCUT2D eigenvalue weighted by Gasteiger charge is -2.22. The van der Waals surface area contributed by atoms with Gasteiger partial charge >= 0.3 is 0 Å². The number of rotatable bonds is 6. The molecule has 22 heavy (non-hydrogen) atoms. The van der Waals surface area contributed by atoms with Crippen LogP contribution in [-0.4, -0.2) is 34.5 Å². The molecule has 0 amide bonds. The Morgan fingerprint density at radius 1 is 1.14 bits per heavy atom. The molecule has 1 N–H and O–H groups in total. The third-order valence-electron chi connectivity index (χ3n) is 3.25. The monoisotopic (exact) mass is 318 g/mol. The van der Waals surface area contributed by atoms with E-state index >= 15 is 0 Å². The highest BCUT2D eigenvalue weighted by atomic mass is 35.5. The number of hydrogen-bond donors (Lipinski definition) is 1. The molecule has 0 aromatic carbocycles. The Morgan fingerprint density at radius 2 is 1.86 bits per heavy atom. The van der Waals surface area contributed by atoms with E-state index in [4.69, 9.17) is 11.6 Å². The molecule has 0 saturated heterocycles. The van der Waals surface area contributed by atoms with Crippen LogP contribution in [0.15, 0.2) is 43.6 Å². The second-order valence-corrected chi connectivity index (χ2v) is 5.29. The van der Waals surface area contributed by atoms with E-state index in [1.165, 1.54) is 12.7 Å². The van der Waals surface area contributed by atoms with Gasteiger partial charge in [0, 0.05) is 12.6 Å². The first-order valence-electron chi connectivity index (χ1n) is 6.78. The summed E-state index contributed by atoms with van der Waals surface area (Å²) >= 11 is 5.86. The van der Waals surface area contributed by atoms with Crippen molar-refractivity contribution in [1.29, 1.82) is 0 Å². The summed E-state index contributed by atoms with van der Waals surface area (Å²) in [6.45, 7) is 2.07. The summed E-state index contributed by atoms with van der Waals surface area (Å²) in [6.07, 6.45) is 8.61. The van der Waals surface area contributed by atoms with Crippen molar-refractivity contribution in [2.24, 2.45) is 0 Å². The largest absolute Gasteiger partial charge is 0.348 e. The second-order valence-electron chi connectivity index (χ2n) is 4.86. The van der Waals surface area contributed by atoms with Crippen molar-refractivity contribution in [3.63, 3.8) is 0 Å². The average Bonchev–Trinajstić information content (AvgIpc) is 3.22. The van der Waals surface area contributed by atoms with Gasteiger partial charge in [0.15, 0.2) is 0 Å². The van der Waals surface area contributed by atoms with E-state index in [-0.39, 0.29) is 12.2 Å². The molecule has 0 unspecified atom stereocenters. The number of hydrogen-bond acceptors (Lipinski definition) is 6. The summed E-state index contributed by atoms with van der Waals surface area (Å²) in [4.78, 5) is 12.2. The molecule has 8 nitrogen and oxygen atoms in total. The summed E-state index contributed by atoms with van der Waals surface area (Å²) in [6, 6.07) is 3.75. The third-order valence-corrected chi connectivity index (χ3v) is 3.47. The van der Waals surface area contributed by atoms with Crippen LogP contribution in [0.4, 0.5) is 5.82 Å². The van der Waals surface area contributed by atoms with Crippen LogP contribution in [0, 0.1) is 0 Å². The Bertz CT molecular complexity index is 679. The molecule has 0 saturated carbocycles. The molecule has 0 aliphatic carbocycles. The maximum absolute atomic E-state index is 5.86. The molecular weight excluding hydrogens is 304 g/mol. The van der Waals surface area contributed by atoms with Crippen LogP contribution < -0.4 is 5.32 Å². The van der Waals surface area contributed by atoms with Gasteiger partial charge in [-0.3, -0.25) is 4.68 Å². The zero-order valence-electron chi connectivity index (χ0n) is 11.9. The van der Waals surface area contributed by atoms with Crippen LogP contribution in [0.2, 0.25) is 5.02 Å². The number of anilines is 1. The predicted octanol–water partition coefficient (Wildman–Crippen LogP) is 2.18. The highest BCUT2D eigenvalue weighted by molar-refractivity contribution is 6.30. The second kappa shape index (κ2) is 6.52. The molecule has 9 heteroatoms. The quantitative estimate of drug-likeness (QED) is 0.749. The number of nitrogens with zero attached hydrogens (tertiary/aromatic N) is 7. The fraction of sp³-hybridized carbons (Fsp3) is 0.308. The highest BCUT2D eigenvalue weighted by Gasteiger charge is 2.17. The van der Waals surface area contributed by atoms with Crippen molar-refractivity contribution in [2.75, 3.05) is 5.32 Å². The molecule has 3 aromatic rings. The van der Waals surface area contributed by atoms with Gasteiger partial charge in [-0.15, -0.1) is 0 Å². The maximum atomic E-state index is 5.86. The fourth-order valence-electron chi connectivity index (χ4n) is 2.12. The van der Waals surface area contributed by atoms with E-state index in [9.17, 15) is 0 Å². The molecule has 0 radical (unpaired) electrons. The minimum atomic E-state index is -0.115. The lowest BCUT2D eigenvalue weighted by molar-refractivity contribution is 0.363. The van der Waals surface area contributed by atoms with Gasteiger partial charge in [-0.2, -0.15) is 10.2 Å². The number of pyridine rings is 1. The van der Waals surface area contributed by atoms with E-state index in [1.54, 1.807) is 34.3 Å². The molecule has 0 spiro atoms. The van der Waals surface area contributed by atoms with Gasteiger partial charge in [0.2, 0.25) is 0 Å². The summed E-state index contributed by atoms with van der Waals surface area (Å²) in [5, 5.41) is 12.3. The Kier molecular flexibility index (Phi) is 4.29. The van der Waals surface area contributed by atoms with E-state index in [2.05, 4.69) is 37.4 Å². The van der Waals surface area contributed by atoms with Gasteiger partial charge in [-0.25, -0.2) is 19.6 Å². The number of aromatic nitrogens is 7. The van der Waals surface area contributed by atoms with Gasteiger partial charge in [0.05, 0.1) is 11.1 Å². The zero-order chi connectivity index (χ0) is 15.4. The van der Waals surface area contributed by atoms with E-state index in [0.717, 1.165) is 12.2 Å². The SMILES string of the molecule is C[C@@H](C[C@@H](Nc1ccc(Cl)cn1)n1cncn1)n1cncn1. The molecule has 0 bridgehead atoms. The Hall–Kier alpha value is -2.48. The molecule has 3 heterocycles. The van der Waals surface area contributed by atoms with Crippen molar-refractivity contribution in [1.82, 2.24) is 34.5 Å². The first-order valence-corrected chi connectivity index (χ1v) is 7.16. The van der Waals surface area contributed by atoms with Crippen molar-refractivity contribution < 1.29 is 0 Å². The first-order chi connectivity index (χ1) is 10.7. The summed E-state index contributed by atoms with van der Waals surface area (Å²) < 4.78 is 3.56. The molecule has 0 aliphatic rings.